The Morgan fingerprint density at radius 1 is 1.33 bits per heavy atom. The zero-order valence-electron chi connectivity index (χ0n) is 11.1. The summed E-state index contributed by atoms with van der Waals surface area (Å²) in [6, 6.07) is 10.2. The van der Waals surface area contributed by atoms with E-state index >= 15 is 0 Å². The SMILES string of the molecule is Cc1cccc2sc(NC(=O)c3ccc(O)c(Cl)c3)nc12. The van der Waals surface area contributed by atoms with E-state index in [1.165, 1.54) is 29.5 Å². The number of amides is 1. The number of thiazole rings is 1. The summed E-state index contributed by atoms with van der Waals surface area (Å²) in [5.41, 5.74) is 2.33. The van der Waals surface area contributed by atoms with E-state index in [9.17, 15) is 9.90 Å². The highest BCUT2D eigenvalue weighted by atomic mass is 35.5. The van der Waals surface area contributed by atoms with Gasteiger partial charge in [-0.15, -0.1) is 0 Å². The molecule has 2 aromatic carbocycles. The molecule has 0 aliphatic heterocycles. The minimum atomic E-state index is -0.311. The van der Waals surface area contributed by atoms with Crippen LogP contribution < -0.4 is 5.32 Å². The quantitative estimate of drug-likeness (QED) is 0.743. The number of anilines is 1. The van der Waals surface area contributed by atoms with Gasteiger partial charge in [-0.1, -0.05) is 35.1 Å². The van der Waals surface area contributed by atoms with Gasteiger partial charge < -0.3 is 5.11 Å². The van der Waals surface area contributed by atoms with E-state index in [0.717, 1.165) is 15.8 Å². The standard InChI is InChI=1S/C15H11ClN2O2S/c1-8-3-2-4-12-13(8)17-15(21-12)18-14(20)9-5-6-11(19)10(16)7-9/h2-7,19H,1H3,(H,17,18,20). The molecule has 6 heteroatoms. The third kappa shape index (κ3) is 2.70. The van der Waals surface area contributed by atoms with Crippen LogP contribution in [0.5, 0.6) is 5.75 Å². The van der Waals surface area contributed by atoms with Gasteiger partial charge >= 0.3 is 0 Å². The molecule has 21 heavy (non-hydrogen) atoms. The topological polar surface area (TPSA) is 62.2 Å². The number of nitrogens with zero attached hydrogens (tertiary/aromatic N) is 1. The summed E-state index contributed by atoms with van der Waals surface area (Å²) in [5, 5.41) is 12.8. The predicted octanol–water partition coefficient (Wildman–Crippen LogP) is 4.22. The lowest BCUT2D eigenvalue weighted by atomic mass is 10.2. The van der Waals surface area contributed by atoms with Crippen LogP contribution in [-0.2, 0) is 0 Å². The maximum Gasteiger partial charge on any atom is 0.257 e. The zero-order valence-corrected chi connectivity index (χ0v) is 12.6. The molecule has 4 nitrogen and oxygen atoms in total. The number of aryl methyl sites for hydroxylation is 1. The summed E-state index contributed by atoms with van der Waals surface area (Å²) >= 11 is 7.22. The molecule has 1 amide bonds. The van der Waals surface area contributed by atoms with Crippen LogP contribution in [0.2, 0.25) is 5.02 Å². The maximum atomic E-state index is 12.2. The van der Waals surface area contributed by atoms with E-state index in [4.69, 9.17) is 11.6 Å². The summed E-state index contributed by atoms with van der Waals surface area (Å²) in [7, 11) is 0. The molecule has 106 valence electrons. The van der Waals surface area contributed by atoms with E-state index in [-0.39, 0.29) is 16.7 Å². The first kappa shape index (κ1) is 13.9. The van der Waals surface area contributed by atoms with Gasteiger partial charge in [0, 0.05) is 5.56 Å². The molecule has 0 saturated carbocycles. The van der Waals surface area contributed by atoms with Crippen LogP contribution in [0.3, 0.4) is 0 Å². The van der Waals surface area contributed by atoms with Gasteiger partial charge in [0.05, 0.1) is 15.2 Å². The summed E-state index contributed by atoms with van der Waals surface area (Å²) in [6.07, 6.45) is 0. The molecule has 0 aliphatic carbocycles. The molecular formula is C15H11ClN2O2S. The molecule has 0 bridgehead atoms. The van der Waals surface area contributed by atoms with Crippen LogP contribution in [0.25, 0.3) is 10.2 Å². The lowest BCUT2D eigenvalue weighted by molar-refractivity contribution is 0.102. The number of para-hydroxylation sites is 1. The van der Waals surface area contributed by atoms with E-state index in [1.54, 1.807) is 0 Å². The molecule has 2 N–H and O–H groups in total. The average molecular weight is 319 g/mol. The average Bonchev–Trinajstić information content (AvgIpc) is 2.86. The highest BCUT2D eigenvalue weighted by molar-refractivity contribution is 7.22. The number of rotatable bonds is 2. The van der Waals surface area contributed by atoms with E-state index in [1.807, 2.05) is 25.1 Å². The fourth-order valence-corrected chi connectivity index (χ4v) is 3.08. The van der Waals surface area contributed by atoms with E-state index in [0.29, 0.717) is 10.7 Å². The first-order valence-corrected chi connectivity index (χ1v) is 7.40. The number of aromatic hydroxyl groups is 1. The first-order valence-electron chi connectivity index (χ1n) is 6.20. The zero-order chi connectivity index (χ0) is 15.0. The fraction of sp³-hybridized carbons (Fsp3) is 0.0667. The van der Waals surface area contributed by atoms with Crippen molar-refractivity contribution in [2.24, 2.45) is 0 Å². The highest BCUT2D eigenvalue weighted by Crippen LogP contribution is 2.29. The molecule has 1 aromatic heterocycles. The second kappa shape index (κ2) is 5.35. The van der Waals surface area contributed by atoms with Gasteiger partial charge in [0.25, 0.3) is 5.91 Å². The highest BCUT2D eigenvalue weighted by Gasteiger charge is 2.12. The summed E-state index contributed by atoms with van der Waals surface area (Å²) in [5.74, 6) is -0.363. The number of hydrogen-bond acceptors (Lipinski definition) is 4. The van der Waals surface area contributed by atoms with Crippen molar-refractivity contribution in [1.82, 2.24) is 4.98 Å². The molecule has 0 radical (unpaired) electrons. The second-order valence-electron chi connectivity index (χ2n) is 4.56. The number of carbonyl (C=O) groups excluding carboxylic acids is 1. The van der Waals surface area contributed by atoms with Crippen LogP contribution in [0, 0.1) is 6.92 Å². The Kier molecular flexibility index (Phi) is 3.53. The normalized spacial score (nSPS) is 10.8. The molecule has 0 unspecified atom stereocenters. The van der Waals surface area contributed by atoms with Crippen molar-refractivity contribution in [2.75, 3.05) is 5.32 Å². The third-order valence-electron chi connectivity index (χ3n) is 3.05. The number of hydrogen-bond donors (Lipinski definition) is 2. The van der Waals surface area contributed by atoms with E-state index in [2.05, 4.69) is 10.3 Å². The van der Waals surface area contributed by atoms with Crippen molar-refractivity contribution in [3.8, 4) is 5.75 Å². The second-order valence-corrected chi connectivity index (χ2v) is 6.00. The Bertz CT molecular complexity index is 845. The Morgan fingerprint density at radius 2 is 2.14 bits per heavy atom. The van der Waals surface area contributed by atoms with Gasteiger partial charge in [-0.3, -0.25) is 10.1 Å². The van der Waals surface area contributed by atoms with E-state index < -0.39 is 0 Å². The van der Waals surface area contributed by atoms with Gasteiger partial charge in [0.1, 0.15) is 5.75 Å². The Labute approximate surface area is 130 Å². The van der Waals surface area contributed by atoms with Crippen LogP contribution >= 0.6 is 22.9 Å². The van der Waals surface area contributed by atoms with Crippen LogP contribution in [0.15, 0.2) is 36.4 Å². The number of halogens is 1. The number of nitrogens with one attached hydrogen (secondary N) is 1. The molecule has 0 aliphatic rings. The molecule has 3 rings (SSSR count). The number of phenolic OH excluding ortho intramolecular Hbond substituents is 1. The smallest absolute Gasteiger partial charge is 0.257 e. The largest absolute Gasteiger partial charge is 0.506 e. The van der Waals surface area contributed by atoms with Crippen molar-refractivity contribution in [3.63, 3.8) is 0 Å². The van der Waals surface area contributed by atoms with Gasteiger partial charge in [-0.2, -0.15) is 0 Å². The molecular weight excluding hydrogens is 308 g/mol. The number of carbonyl (C=O) groups is 1. The van der Waals surface area contributed by atoms with Crippen LogP contribution in [0.1, 0.15) is 15.9 Å². The van der Waals surface area contributed by atoms with Crippen LogP contribution in [0.4, 0.5) is 5.13 Å². The van der Waals surface area contributed by atoms with Crippen molar-refractivity contribution in [2.45, 2.75) is 6.92 Å². The lowest BCUT2D eigenvalue weighted by Crippen LogP contribution is -2.11. The molecule has 0 fully saturated rings. The van der Waals surface area contributed by atoms with Gasteiger partial charge in [0.15, 0.2) is 5.13 Å². The molecule has 1 heterocycles. The fourth-order valence-electron chi connectivity index (χ4n) is 1.96. The Balaban J connectivity index is 1.89. The summed E-state index contributed by atoms with van der Waals surface area (Å²) in [4.78, 5) is 16.6. The molecule has 0 atom stereocenters. The minimum Gasteiger partial charge on any atom is -0.506 e. The minimum absolute atomic E-state index is 0.0520. The van der Waals surface area contributed by atoms with Crippen LogP contribution in [-0.4, -0.2) is 16.0 Å². The Morgan fingerprint density at radius 3 is 2.86 bits per heavy atom. The lowest BCUT2D eigenvalue weighted by Gasteiger charge is -2.03. The predicted molar refractivity (Wildman–Crippen MR) is 85.4 cm³/mol. The van der Waals surface area contributed by atoms with Gasteiger partial charge in [-0.25, -0.2) is 4.98 Å². The Hall–Kier alpha value is -2.11. The summed E-state index contributed by atoms with van der Waals surface area (Å²) < 4.78 is 1.02. The third-order valence-corrected chi connectivity index (χ3v) is 4.29. The number of benzene rings is 2. The monoisotopic (exact) mass is 318 g/mol. The van der Waals surface area contributed by atoms with Crippen molar-refractivity contribution in [1.29, 1.82) is 0 Å². The number of aromatic nitrogens is 1. The molecule has 0 spiro atoms. The van der Waals surface area contributed by atoms with Gasteiger partial charge in [0.2, 0.25) is 0 Å². The molecule has 0 saturated heterocycles. The summed E-state index contributed by atoms with van der Waals surface area (Å²) in [6.45, 7) is 1.98. The molecule has 3 aromatic rings. The van der Waals surface area contributed by atoms with Crippen molar-refractivity contribution >= 4 is 44.2 Å². The number of phenols is 1. The van der Waals surface area contributed by atoms with Crippen molar-refractivity contribution < 1.29 is 9.90 Å². The van der Waals surface area contributed by atoms with Crippen molar-refractivity contribution in [3.05, 3.63) is 52.5 Å². The van der Waals surface area contributed by atoms with Gasteiger partial charge in [-0.05, 0) is 36.8 Å². The maximum absolute atomic E-state index is 12.2. The number of fused-ring (bicyclic) bond motifs is 1. The first-order chi connectivity index (χ1) is 10.0.